The molecule has 1 rings (SSSR count). The van der Waals surface area contributed by atoms with Crippen LogP contribution in [0.4, 0.5) is 0 Å². The molecule has 52 valence electrons. The van der Waals surface area contributed by atoms with Gasteiger partial charge in [0.25, 0.3) is 0 Å². The number of rotatable bonds is 1. The quantitative estimate of drug-likeness (QED) is 0.539. The summed E-state index contributed by atoms with van der Waals surface area (Å²) >= 11 is 0. The maximum atomic E-state index is 4.00. The molecule has 0 saturated carbocycles. The van der Waals surface area contributed by atoms with Gasteiger partial charge >= 0.3 is 0 Å². The third-order valence-electron chi connectivity index (χ3n) is 1.47. The van der Waals surface area contributed by atoms with Crippen LogP contribution in [0, 0.1) is 6.92 Å². The highest BCUT2D eigenvalue weighted by Gasteiger charge is 2.00. The Labute approximate surface area is 63.3 Å². The van der Waals surface area contributed by atoms with E-state index >= 15 is 0 Å². The van der Waals surface area contributed by atoms with Crippen molar-refractivity contribution in [2.45, 2.75) is 6.92 Å². The van der Waals surface area contributed by atoms with Crippen molar-refractivity contribution in [2.24, 2.45) is 0 Å². The van der Waals surface area contributed by atoms with Gasteiger partial charge < -0.3 is 0 Å². The minimum absolute atomic E-state index is 0.158. The smallest absolute Gasteiger partial charge is 0.0549 e. The van der Waals surface area contributed by atoms with Crippen LogP contribution in [-0.4, -0.2) is 13.0 Å². The van der Waals surface area contributed by atoms with E-state index in [4.69, 9.17) is 0 Å². The average molecular weight is 151 g/mol. The van der Waals surface area contributed by atoms with Crippen molar-refractivity contribution in [1.29, 1.82) is 0 Å². The van der Waals surface area contributed by atoms with Gasteiger partial charge in [-0.25, -0.2) is 0 Å². The molecule has 1 heteroatoms. The molecule has 0 N–H and O–H groups in total. The molecular weight excluding hydrogens is 139 g/mol. The van der Waals surface area contributed by atoms with Gasteiger partial charge in [0, 0.05) is 0 Å². The molecule has 0 aliphatic heterocycles. The lowest BCUT2D eigenvalue weighted by Gasteiger charge is -1.89. The lowest BCUT2D eigenvalue weighted by molar-refractivity contribution is 1.49. The molecule has 0 heterocycles. The van der Waals surface area contributed by atoms with Gasteiger partial charge in [0.15, 0.2) is 0 Å². The van der Waals surface area contributed by atoms with Crippen LogP contribution in [0.3, 0.4) is 0 Å². The molecule has 0 fully saturated rings. The Balaban J connectivity index is 3.00. The summed E-state index contributed by atoms with van der Waals surface area (Å²) < 4.78 is 0. The lowest BCUT2D eigenvalue weighted by Crippen LogP contribution is -1.93. The van der Waals surface area contributed by atoms with Gasteiger partial charge in [-0.05, 0) is 19.1 Å². The van der Waals surface area contributed by atoms with Gasteiger partial charge in [0.05, 0.1) is 6.30 Å². The van der Waals surface area contributed by atoms with Crippen molar-refractivity contribution in [2.75, 3.05) is 6.66 Å². The second kappa shape index (κ2) is 2.98. The second-order valence-electron chi connectivity index (χ2n) is 2.53. The van der Waals surface area contributed by atoms with Gasteiger partial charge in [0.2, 0.25) is 0 Å². The molecule has 1 aromatic rings. The molecular formula is C9H12P+. The zero-order valence-electron chi connectivity index (χ0n) is 6.46. The highest BCUT2D eigenvalue weighted by molar-refractivity contribution is 7.62. The van der Waals surface area contributed by atoms with Crippen LogP contribution in [-0.2, 0) is 0 Å². The molecule has 10 heavy (non-hydrogen) atoms. The zero-order chi connectivity index (χ0) is 7.56. The number of aryl methyl sites for hydroxylation is 1. The van der Waals surface area contributed by atoms with Crippen molar-refractivity contribution < 1.29 is 0 Å². The van der Waals surface area contributed by atoms with Gasteiger partial charge in [-0.15, -0.1) is 0 Å². The van der Waals surface area contributed by atoms with E-state index in [2.05, 4.69) is 44.2 Å². The molecule has 0 saturated heterocycles. The summed E-state index contributed by atoms with van der Waals surface area (Å²) in [6.07, 6.45) is 4.00. The largest absolute Gasteiger partial charge is 0.147 e. The summed E-state index contributed by atoms with van der Waals surface area (Å²) in [6.45, 7) is 4.27. The van der Waals surface area contributed by atoms with Crippen LogP contribution in [0.1, 0.15) is 5.56 Å². The fraction of sp³-hybridized carbons (Fsp3) is 0.222. The first kappa shape index (κ1) is 7.50. The highest BCUT2D eigenvalue weighted by Crippen LogP contribution is 2.12. The Bertz CT molecular complexity index is 233. The normalized spacial score (nSPS) is 11.2. The number of hydrogen-bond donors (Lipinski definition) is 0. The van der Waals surface area contributed by atoms with Crippen LogP contribution in [0.5, 0.6) is 0 Å². The van der Waals surface area contributed by atoms with E-state index in [0.29, 0.717) is 0 Å². The third-order valence-corrected chi connectivity index (χ3v) is 2.65. The average Bonchev–Trinajstić information content (AvgIpc) is 1.88. The highest BCUT2D eigenvalue weighted by atomic mass is 31.1. The monoisotopic (exact) mass is 151 g/mol. The topological polar surface area (TPSA) is 0 Å². The summed E-state index contributed by atoms with van der Waals surface area (Å²) in [5, 5.41) is 1.38. The summed E-state index contributed by atoms with van der Waals surface area (Å²) in [5.74, 6) is 0. The Hall–Kier alpha value is -0.610. The van der Waals surface area contributed by atoms with Crippen LogP contribution < -0.4 is 5.30 Å². The third kappa shape index (κ3) is 1.68. The van der Waals surface area contributed by atoms with Crippen molar-refractivity contribution in [1.82, 2.24) is 0 Å². The van der Waals surface area contributed by atoms with Gasteiger partial charge in [0.1, 0.15) is 19.5 Å². The molecule has 1 aromatic carbocycles. The van der Waals surface area contributed by atoms with E-state index in [1.54, 1.807) is 0 Å². The number of hydrogen-bond acceptors (Lipinski definition) is 0. The first-order valence-corrected chi connectivity index (χ1v) is 5.28. The van der Waals surface area contributed by atoms with Crippen molar-refractivity contribution in [3.63, 3.8) is 0 Å². The van der Waals surface area contributed by atoms with Crippen molar-refractivity contribution >= 4 is 19.1 Å². The second-order valence-corrected chi connectivity index (χ2v) is 4.45. The van der Waals surface area contributed by atoms with E-state index in [1.165, 1.54) is 10.9 Å². The molecule has 1 atom stereocenters. The van der Waals surface area contributed by atoms with E-state index in [0.717, 1.165) is 0 Å². The molecule has 0 bridgehead atoms. The Kier molecular flexibility index (Phi) is 2.24. The summed E-state index contributed by atoms with van der Waals surface area (Å²) in [6, 6.07) is 8.60. The fourth-order valence-corrected chi connectivity index (χ4v) is 1.46. The molecule has 1 unspecified atom stereocenters. The molecule has 0 aliphatic rings. The first-order valence-electron chi connectivity index (χ1n) is 3.31. The SMILES string of the molecule is C=[P+](C)c1ccc(C)cc1. The maximum absolute atomic E-state index is 4.00. The van der Waals surface area contributed by atoms with Gasteiger partial charge in [-0.3, -0.25) is 0 Å². The van der Waals surface area contributed by atoms with Crippen LogP contribution >= 0.6 is 7.55 Å². The lowest BCUT2D eigenvalue weighted by atomic mass is 10.2. The molecule has 0 amide bonds. The Morgan fingerprint density at radius 2 is 1.70 bits per heavy atom. The molecule has 0 aromatic heterocycles. The van der Waals surface area contributed by atoms with E-state index in [9.17, 15) is 0 Å². The van der Waals surface area contributed by atoms with Crippen molar-refractivity contribution in [3.05, 3.63) is 29.8 Å². The van der Waals surface area contributed by atoms with Crippen LogP contribution in [0.15, 0.2) is 24.3 Å². The predicted octanol–water partition coefficient (Wildman–Crippen LogP) is 2.16. The standard InChI is InChI=1S/C9H12P/c1-8-4-6-9(7-5-8)10(2)3/h4-7H,2H2,1,3H3/q+1. The van der Waals surface area contributed by atoms with E-state index in [-0.39, 0.29) is 7.55 Å². The minimum Gasteiger partial charge on any atom is -0.0549 e. The van der Waals surface area contributed by atoms with E-state index in [1.807, 2.05) is 0 Å². The summed E-state index contributed by atoms with van der Waals surface area (Å²) in [7, 11) is -0.158. The van der Waals surface area contributed by atoms with Gasteiger partial charge in [-0.1, -0.05) is 17.7 Å². The Morgan fingerprint density at radius 3 is 2.10 bits per heavy atom. The summed E-state index contributed by atoms with van der Waals surface area (Å²) in [4.78, 5) is 0. The molecule has 0 spiro atoms. The molecule has 0 aliphatic carbocycles. The zero-order valence-corrected chi connectivity index (χ0v) is 7.36. The number of benzene rings is 1. The maximum Gasteiger partial charge on any atom is 0.147 e. The van der Waals surface area contributed by atoms with Crippen LogP contribution in [0.2, 0.25) is 0 Å². The van der Waals surface area contributed by atoms with Crippen molar-refractivity contribution in [3.8, 4) is 0 Å². The predicted molar refractivity (Wildman–Crippen MR) is 50.8 cm³/mol. The van der Waals surface area contributed by atoms with Crippen LogP contribution in [0.25, 0.3) is 0 Å². The van der Waals surface area contributed by atoms with E-state index < -0.39 is 0 Å². The Morgan fingerprint density at radius 1 is 1.20 bits per heavy atom. The minimum atomic E-state index is -0.158. The molecule has 0 radical (unpaired) electrons. The van der Waals surface area contributed by atoms with Gasteiger partial charge in [-0.2, -0.15) is 0 Å². The molecule has 0 nitrogen and oxygen atoms in total. The summed E-state index contributed by atoms with van der Waals surface area (Å²) in [5.41, 5.74) is 1.32. The fourth-order valence-electron chi connectivity index (χ4n) is 0.799. The first-order chi connectivity index (χ1) is 4.70.